The number of hydrogen-bond acceptors (Lipinski definition) is 0. The van der Waals surface area contributed by atoms with Crippen molar-refractivity contribution in [3.63, 3.8) is 0 Å². The van der Waals surface area contributed by atoms with E-state index in [0.29, 0.717) is 8.58 Å². The molecule has 0 N–H and O–H groups in total. The van der Waals surface area contributed by atoms with Crippen LogP contribution < -0.4 is 5.30 Å². The van der Waals surface area contributed by atoms with Crippen molar-refractivity contribution < 1.29 is 0 Å². The fraction of sp³-hybridized carbons (Fsp3) is 0.600. The minimum atomic E-state index is 0.106. The van der Waals surface area contributed by atoms with E-state index in [-0.39, 0.29) is 16.2 Å². The zero-order valence-electron chi connectivity index (χ0n) is 18.4. The van der Waals surface area contributed by atoms with Crippen molar-refractivity contribution in [2.75, 3.05) is 0 Å². The van der Waals surface area contributed by atoms with Gasteiger partial charge in [0.25, 0.3) is 0 Å². The maximum absolute atomic E-state index is 5.32. The van der Waals surface area contributed by atoms with Crippen LogP contribution in [0.2, 0.25) is 0 Å². The molecule has 0 bridgehead atoms. The second-order valence-electron chi connectivity index (χ2n) is 10.2. The molecule has 1 aromatic carbocycles. The Hall–Kier alpha value is -1.23. The van der Waals surface area contributed by atoms with Crippen molar-refractivity contribution in [2.24, 2.45) is 0 Å². The first-order valence-electron chi connectivity index (χ1n) is 9.65. The van der Waals surface area contributed by atoms with Crippen LogP contribution in [0.25, 0.3) is 0 Å². The van der Waals surface area contributed by atoms with Gasteiger partial charge in [0.1, 0.15) is 0 Å². The van der Waals surface area contributed by atoms with Gasteiger partial charge < -0.3 is 0 Å². The predicted octanol–water partition coefficient (Wildman–Crippen LogP) is 6.65. The largest absolute Gasteiger partial charge is 0.120 e. The molecule has 0 radical (unpaired) electrons. The van der Waals surface area contributed by atoms with Crippen LogP contribution in [0.1, 0.15) is 98.3 Å². The number of rotatable bonds is 3. The Labute approximate surface area is 164 Å². The van der Waals surface area contributed by atoms with Crippen molar-refractivity contribution in [3.05, 3.63) is 28.8 Å². The minimum Gasteiger partial charge on any atom is -0.120 e. The van der Waals surface area contributed by atoms with E-state index in [9.17, 15) is 0 Å². The van der Waals surface area contributed by atoms with Gasteiger partial charge in [-0.1, -0.05) is 86.0 Å². The summed E-state index contributed by atoms with van der Waals surface area (Å²) >= 11 is 0. The van der Waals surface area contributed by atoms with Crippen molar-refractivity contribution in [1.82, 2.24) is 0 Å². The highest BCUT2D eigenvalue weighted by atomic mass is 31.1. The standard InChI is InChI=1S/C25H37P/c1-11-12-13-14-15-16-26-22-20(24(5,6)7)17-19(23(2,3)4)18-21(22)25(8,9)10/h1,17-18,26H,12-14H2,2-10H3. The zero-order chi connectivity index (χ0) is 20.2. The summed E-state index contributed by atoms with van der Waals surface area (Å²) in [6.45, 7) is 20.8. The van der Waals surface area contributed by atoms with Gasteiger partial charge in [0.15, 0.2) is 0 Å². The Morgan fingerprint density at radius 2 is 1.31 bits per heavy atom. The molecule has 1 heteroatoms. The van der Waals surface area contributed by atoms with Gasteiger partial charge in [-0.15, -0.1) is 12.3 Å². The van der Waals surface area contributed by atoms with Crippen molar-refractivity contribution >= 4 is 13.9 Å². The average Bonchev–Trinajstić information content (AvgIpc) is 2.47. The normalized spacial score (nSPS) is 12.8. The van der Waals surface area contributed by atoms with Gasteiger partial charge in [-0.3, -0.25) is 0 Å². The maximum Gasteiger partial charge on any atom is 0.0101 e. The van der Waals surface area contributed by atoms with Crippen molar-refractivity contribution in [3.8, 4) is 23.9 Å². The SMILES string of the molecule is C#CCCCC#CPc1c(C(C)(C)C)cc(C(C)(C)C)cc1C(C)(C)C. The smallest absolute Gasteiger partial charge is 0.0101 e. The second-order valence-corrected chi connectivity index (χ2v) is 11.2. The molecule has 0 saturated carbocycles. The second kappa shape index (κ2) is 8.64. The lowest BCUT2D eigenvalue weighted by Crippen LogP contribution is -2.30. The first kappa shape index (κ1) is 22.8. The first-order valence-corrected chi connectivity index (χ1v) is 10.7. The predicted molar refractivity (Wildman–Crippen MR) is 121 cm³/mol. The highest BCUT2D eigenvalue weighted by molar-refractivity contribution is 7.52. The zero-order valence-corrected chi connectivity index (χ0v) is 19.4. The molecule has 0 saturated heterocycles. The number of unbranched alkanes of at least 4 members (excludes halogenated alkanes) is 2. The van der Waals surface area contributed by atoms with E-state index >= 15 is 0 Å². The van der Waals surface area contributed by atoms with E-state index < -0.39 is 0 Å². The van der Waals surface area contributed by atoms with Gasteiger partial charge in [-0.05, 0) is 53.2 Å². The molecule has 0 spiro atoms. The van der Waals surface area contributed by atoms with Gasteiger partial charge in [-0.2, -0.15) is 0 Å². The van der Waals surface area contributed by atoms with E-state index in [4.69, 9.17) is 6.42 Å². The minimum absolute atomic E-state index is 0.106. The number of benzene rings is 1. The third-order valence-electron chi connectivity index (χ3n) is 4.52. The molecule has 0 aromatic heterocycles. The molecule has 0 nitrogen and oxygen atoms in total. The molecule has 1 atom stereocenters. The average molecular weight is 369 g/mol. The molecule has 1 aromatic rings. The Bertz CT molecular complexity index is 678. The molecule has 1 unspecified atom stereocenters. The number of terminal acetylenes is 1. The monoisotopic (exact) mass is 368 g/mol. The van der Waals surface area contributed by atoms with E-state index in [0.717, 1.165) is 19.3 Å². The van der Waals surface area contributed by atoms with E-state index in [1.807, 2.05) is 0 Å². The van der Waals surface area contributed by atoms with Gasteiger partial charge in [0.05, 0.1) is 0 Å². The van der Waals surface area contributed by atoms with Crippen LogP contribution in [0, 0.1) is 23.9 Å². The molecule has 26 heavy (non-hydrogen) atoms. The van der Waals surface area contributed by atoms with E-state index in [2.05, 4.69) is 91.9 Å². The quantitative estimate of drug-likeness (QED) is 0.318. The summed E-state index contributed by atoms with van der Waals surface area (Å²) in [6.07, 6.45) is 8.03. The fourth-order valence-corrected chi connectivity index (χ4v) is 4.34. The lowest BCUT2D eigenvalue weighted by Gasteiger charge is -2.33. The van der Waals surface area contributed by atoms with Crippen LogP contribution in [0.4, 0.5) is 0 Å². The van der Waals surface area contributed by atoms with E-state index in [1.165, 1.54) is 22.0 Å². The molecular formula is C25H37P. The molecule has 142 valence electrons. The topological polar surface area (TPSA) is 0 Å². The molecule has 0 amide bonds. The Morgan fingerprint density at radius 3 is 1.69 bits per heavy atom. The summed E-state index contributed by atoms with van der Waals surface area (Å²) < 4.78 is 0. The van der Waals surface area contributed by atoms with Crippen LogP contribution in [-0.2, 0) is 16.2 Å². The summed E-state index contributed by atoms with van der Waals surface area (Å²) in [4.78, 5) is 0. The van der Waals surface area contributed by atoms with Gasteiger partial charge in [-0.25, -0.2) is 0 Å². The Morgan fingerprint density at radius 1 is 0.808 bits per heavy atom. The molecule has 0 aliphatic rings. The Balaban J connectivity index is 3.47. The van der Waals surface area contributed by atoms with Crippen molar-refractivity contribution in [1.29, 1.82) is 0 Å². The first-order chi connectivity index (χ1) is 11.8. The summed E-state index contributed by atoms with van der Waals surface area (Å²) in [5, 5.41) is 1.45. The van der Waals surface area contributed by atoms with Gasteiger partial charge >= 0.3 is 0 Å². The molecule has 0 heterocycles. The van der Waals surface area contributed by atoms with Crippen LogP contribution in [0.3, 0.4) is 0 Å². The number of hydrogen-bond donors (Lipinski definition) is 0. The van der Waals surface area contributed by atoms with Crippen LogP contribution in [0.15, 0.2) is 12.1 Å². The fourth-order valence-electron chi connectivity index (χ4n) is 2.84. The molecule has 0 aliphatic carbocycles. The highest BCUT2D eigenvalue weighted by Crippen LogP contribution is 2.36. The molecular weight excluding hydrogens is 331 g/mol. The van der Waals surface area contributed by atoms with Crippen LogP contribution in [-0.4, -0.2) is 0 Å². The summed E-state index contributed by atoms with van der Waals surface area (Å²) in [7, 11) is 0.528. The lowest BCUT2D eigenvalue weighted by atomic mass is 9.75. The highest BCUT2D eigenvalue weighted by Gasteiger charge is 2.28. The Kier molecular flexibility index (Phi) is 7.58. The van der Waals surface area contributed by atoms with E-state index in [1.54, 1.807) is 0 Å². The summed E-state index contributed by atoms with van der Waals surface area (Å²) in [5.41, 5.74) is 8.13. The van der Waals surface area contributed by atoms with Gasteiger partial charge in [0.2, 0.25) is 0 Å². The van der Waals surface area contributed by atoms with Crippen molar-refractivity contribution in [2.45, 2.75) is 97.8 Å². The third-order valence-corrected chi connectivity index (χ3v) is 5.61. The molecule has 1 rings (SSSR count). The third kappa shape index (κ3) is 6.49. The van der Waals surface area contributed by atoms with Crippen LogP contribution >= 0.6 is 8.58 Å². The van der Waals surface area contributed by atoms with Crippen LogP contribution in [0.5, 0.6) is 0 Å². The molecule has 0 fully saturated rings. The summed E-state index contributed by atoms with van der Waals surface area (Å²) in [6, 6.07) is 4.86. The molecule has 0 aliphatic heterocycles. The maximum atomic E-state index is 5.32. The van der Waals surface area contributed by atoms with Gasteiger partial charge in [0, 0.05) is 12.8 Å². The lowest BCUT2D eigenvalue weighted by molar-refractivity contribution is 0.554. The summed E-state index contributed by atoms with van der Waals surface area (Å²) in [5.74, 6) is 6.03.